The first-order valence-corrected chi connectivity index (χ1v) is 6.40. The second-order valence-corrected chi connectivity index (χ2v) is 4.42. The van der Waals surface area contributed by atoms with Gasteiger partial charge in [-0.25, -0.2) is 4.98 Å². The summed E-state index contributed by atoms with van der Waals surface area (Å²) in [6, 6.07) is 14.4. The van der Waals surface area contributed by atoms with Gasteiger partial charge in [-0.1, -0.05) is 30.3 Å². The molecule has 0 radical (unpaired) electrons. The fourth-order valence-corrected chi connectivity index (χ4v) is 2.13. The second-order valence-electron chi connectivity index (χ2n) is 4.42. The molecule has 0 aliphatic carbocycles. The monoisotopic (exact) mass is 409 g/mol. The van der Waals surface area contributed by atoms with Gasteiger partial charge in [-0.3, -0.25) is 4.98 Å². The molecule has 0 saturated heterocycles. The van der Waals surface area contributed by atoms with Gasteiger partial charge in [0.2, 0.25) is 0 Å². The summed E-state index contributed by atoms with van der Waals surface area (Å²) in [6.45, 7) is 0.854. The van der Waals surface area contributed by atoms with Crippen molar-refractivity contribution >= 4 is 50.6 Å². The van der Waals surface area contributed by atoms with Gasteiger partial charge in [0.05, 0.1) is 0 Å². The number of nitrogens with zero attached hydrogens (tertiary/aromatic N) is 2. The van der Waals surface area contributed by atoms with Crippen LogP contribution >= 0.6 is 34.0 Å². The molecule has 0 amide bonds. The molecule has 0 atom stereocenters. The highest BCUT2D eigenvalue weighted by atomic mass is 79.9. The summed E-state index contributed by atoms with van der Waals surface area (Å²) >= 11 is 0. The fourth-order valence-electron chi connectivity index (χ4n) is 2.13. The van der Waals surface area contributed by atoms with Crippen LogP contribution in [0.15, 0.2) is 61.1 Å². The number of halogens is 2. The molecule has 2 heterocycles. The molecule has 0 spiro atoms. The van der Waals surface area contributed by atoms with Crippen LogP contribution in [0.5, 0.6) is 0 Å². The molecule has 1 N–H and O–H groups in total. The molecule has 3 nitrogen and oxygen atoms in total. The van der Waals surface area contributed by atoms with Crippen LogP contribution in [0.25, 0.3) is 10.8 Å². The molecular weight excluding hydrogens is 394 g/mol. The topological polar surface area (TPSA) is 37.8 Å². The van der Waals surface area contributed by atoms with E-state index in [2.05, 4.69) is 33.5 Å². The van der Waals surface area contributed by atoms with Gasteiger partial charge in [-0.2, -0.15) is 0 Å². The lowest BCUT2D eigenvalue weighted by Gasteiger charge is -2.08. The van der Waals surface area contributed by atoms with Crippen LogP contribution in [-0.2, 0) is 6.42 Å². The lowest BCUT2D eigenvalue weighted by atomic mass is 10.1. The van der Waals surface area contributed by atoms with Gasteiger partial charge in [0.25, 0.3) is 0 Å². The Kier molecular flexibility index (Phi) is 7.32. The van der Waals surface area contributed by atoms with E-state index in [0.717, 1.165) is 24.2 Å². The van der Waals surface area contributed by atoms with E-state index in [9.17, 15) is 0 Å². The minimum absolute atomic E-state index is 0. The molecule has 0 aliphatic heterocycles. The maximum Gasteiger partial charge on any atom is 0.133 e. The molecule has 0 unspecified atom stereocenters. The quantitative estimate of drug-likeness (QED) is 0.690. The number of nitrogens with one attached hydrogen (secondary N) is 1. The molecule has 5 heteroatoms. The summed E-state index contributed by atoms with van der Waals surface area (Å²) in [5.41, 5.74) is 1.23. The number of hydrogen-bond donors (Lipinski definition) is 1. The van der Waals surface area contributed by atoms with Crippen LogP contribution < -0.4 is 5.32 Å². The SMILES string of the molecule is Br.Br.c1cncc(CCNc2nccc3ccccc23)c1. The average Bonchev–Trinajstić information content (AvgIpc) is 2.49. The molecule has 3 aromatic rings. The molecule has 0 saturated carbocycles. The highest BCUT2D eigenvalue weighted by molar-refractivity contribution is 8.93. The Balaban J connectivity index is 0.00000110. The number of pyridine rings is 2. The van der Waals surface area contributed by atoms with Gasteiger partial charge in [0.1, 0.15) is 5.82 Å². The number of benzene rings is 1. The minimum atomic E-state index is 0. The van der Waals surface area contributed by atoms with Crippen molar-refractivity contribution in [3.8, 4) is 0 Å². The smallest absolute Gasteiger partial charge is 0.133 e. The van der Waals surface area contributed by atoms with Crippen LogP contribution in [0.3, 0.4) is 0 Å². The maximum atomic E-state index is 4.41. The van der Waals surface area contributed by atoms with Gasteiger partial charge in [-0.05, 0) is 29.5 Å². The van der Waals surface area contributed by atoms with E-state index in [4.69, 9.17) is 0 Å². The summed E-state index contributed by atoms with van der Waals surface area (Å²) in [6.07, 6.45) is 6.48. The van der Waals surface area contributed by atoms with Gasteiger partial charge < -0.3 is 5.32 Å². The van der Waals surface area contributed by atoms with E-state index >= 15 is 0 Å². The van der Waals surface area contributed by atoms with E-state index in [1.807, 2.05) is 36.7 Å². The minimum Gasteiger partial charge on any atom is -0.369 e. The van der Waals surface area contributed by atoms with Crippen molar-refractivity contribution in [2.45, 2.75) is 6.42 Å². The Morgan fingerprint density at radius 2 is 1.76 bits per heavy atom. The lowest BCUT2D eigenvalue weighted by Crippen LogP contribution is -2.06. The molecule has 1 aromatic carbocycles. The molecule has 0 fully saturated rings. The zero-order valence-electron chi connectivity index (χ0n) is 11.4. The summed E-state index contributed by atoms with van der Waals surface area (Å²) < 4.78 is 0. The first-order chi connectivity index (χ1) is 9.43. The normalized spacial score (nSPS) is 9.52. The zero-order valence-corrected chi connectivity index (χ0v) is 14.8. The first kappa shape index (κ1) is 17.6. The van der Waals surface area contributed by atoms with Crippen molar-refractivity contribution in [2.24, 2.45) is 0 Å². The van der Waals surface area contributed by atoms with Crippen LogP contribution in [0.2, 0.25) is 0 Å². The molecule has 21 heavy (non-hydrogen) atoms. The third kappa shape index (κ3) is 4.51. The van der Waals surface area contributed by atoms with Gasteiger partial charge >= 0.3 is 0 Å². The highest BCUT2D eigenvalue weighted by Crippen LogP contribution is 2.20. The predicted molar refractivity (Wildman–Crippen MR) is 98.8 cm³/mol. The van der Waals surface area contributed by atoms with E-state index < -0.39 is 0 Å². The van der Waals surface area contributed by atoms with Crippen molar-refractivity contribution in [1.82, 2.24) is 9.97 Å². The first-order valence-electron chi connectivity index (χ1n) is 6.40. The Morgan fingerprint density at radius 3 is 2.57 bits per heavy atom. The predicted octanol–water partition coefficient (Wildman–Crippen LogP) is 4.44. The summed E-state index contributed by atoms with van der Waals surface area (Å²) in [4.78, 5) is 8.53. The molecule has 3 rings (SSSR count). The summed E-state index contributed by atoms with van der Waals surface area (Å²) in [5, 5.41) is 5.77. The highest BCUT2D eigenvalue weighted by Gasteiger charge is 2.00. The third-order valence-electron chi connectivity index (χ3n) is 3.10. The molecular formula is C16H17Br2N3. The van der Waals surface area contributed by atoms with E-state index in [1.165, 1.54) is 10.9 Å². The Bertz CT molecular complexity index is 669. The van der Waals surface area contributed by atoms with Crippen LogP contribution in [0.4, 0.5) is 5.82 Å². The number of anilines is 1. The van der Waals surface area contributed by atoms with Crippen LogP contribution in [0, 0.1) is 0 Å². The maximum absolute atomic E-state index is 4.41. The number of rotatable bonds is 4. The largest absolute Gasteiger partial charge is 0.369 e. The molecule has 0 aliphatic rings. The van der Waals surface area contributed by atoms with E-state index in [1.54, 1.807) is 6.20 Å². The number of hydrogen-bond acceptors (Lipinski definition) is 3. The summed E-state index contributed by atoms with van der Waals surface area (Å²) in [5.74, 6) is 0.946. The van der Waals surface area contributed by atoms with Gasteiger partial charge in [0.15, 0.2) is 0 Å². The lowest BCUT2D eigenvalue weighted by molar-refractivity contribution is 0.997. The van der Waals surface area contributed by atoms with Crippen molar-refractivity contribution < 1.29 is 0 Å². The molecule has 2 aromatic heterocycles. The number of fused-ring (bicyclic) bond motifs is 1. The van der Waals surface area contributed by atoms with Crippen LogP contribution in [-0.4, -0.2) is 16.5 Å². The van der Waals surface area contributed by atoms with E-state index in [0.29, 0.717) is 0 Å². The molecule has 0 bridgehead atoms. The Labute approximate surface area is 145 Å². The van der Waals surface area contributed by atoms with Crippen molar-refractivity contribution in [3.63, 3.8) is 0 Å². The average molecular weight is 411 g/mol. The van der Waals surface area contributed by atoms with Crippen molar-refractivity contribution in [1.29, 1.82) is 0 Å². The van der Waals surface area contributed by atoms with E-state index in [-0.39, 0.29) is 34.0 Å². The van der Waals surface area contributed by atoms with Gasteiger partial charge in [-0.15, -0.1) is 34.0 Å². The molecule has 110 valence electrons. The zero-order chi connectivity index (χ0) is 12.9. The standard InChI is InChI=1S/C16H15N3.2BrH/c1-2-6-15-14(5-1)8-11-19-16(15)18-10-7-13-4-3-9-17-12-13;;/h1-6,8-9,11-12H,7,10H2,(H,18,19);2*1H. The fraction of sp³-hybridized carbons (Fsp3) is 0.125. The Hall–Kier alpha value is -1.46. The van der Waals surface area contributed by atoms with Crippen LogP contribution in [0.1, 0.15) is 5.56 Å². The number of aromatic nitrogens is 2. The third-order valence-corrected chi connectivity index (χ3v) is 3.10. The van der Waals surface area contributed by atoms with Gasteiger partial charge in [0, 0.05) is 30.5 Å². The second kappa shape index (κ2) is 8.74. The van der Waals surface area contributed by atoms with Crippen molar-refractivity contribution in [3.05, 3.63) is 66.6 Å². The summed E-state index contributed by atoms with van der Waals surface area (Å²) in [7, 11) is 0. The van der Waals surface area contributed by atoms with Crippen molar-refractivity contribution in [2.75, 3.05) is 11.9 Å². The Morgan fingerprint density at radius 1 is 0.905 bits per heavy atom.